The highest BCUT2D eigenvalue weighted by molar-refractivity contribution is 6.30. The zero-order valence-electron chi connectivity index (χ0n) is 9.43. The predicted molar refractivity (Wildman–Crippen MR) is 63.5 cm³/mol. The van der Waals surface area contributed by atoms with E-state index in [1.54, 1.807) is 6.92 Å². The number of halogens is 1. The summed E-state index contributed by atoms with van der Waals surface area (Å²) >= 11 is 5.75. The molecule has 0 radical (unpaired) electrons. The molecule has 0 amide bonds. The summed E-state index contributed by atoms with van der Waals surface area (Å²) in [6, 6.07) is -1.11. The molecule has 0 heterocycles. The van der Waals surface area contributed by atoms with Crippen molar-refractivity contribution in [3.8, 4) is 0 Å². The molecule has 1 aliphatic carbocycles. The minimum atomic E-state index is -1.54. The van der Waals surface area contributed by atoms with Crippen LogP contribution in [0.4, 0.5) is 0 Å². The van der Waals surface area contributed by atoms with Crippen LogP contribution >= 0.6 is 11.6 Å². The Morgan fingerprint density at radius 2 is 2.24 bits per heavy atom. The van der Waals surface area contributed by atoms with Crippen molar-refractivity contribution in [2.75, 3.05) is 0 Å². The van der Waals surface area contributed by atoms with Crippen LogP contribution in [0.1, 0.15) is 19.8 Å². The van der Waals surface area contributed by atoms with Crippen LogP contribution in [-0.2, 0) is 4.79 Å². The topological polar surface area (TPSA) is 104 Å². The molecule has 0 saturated heterocycles. The highest BCUT2D eigenvalue weighted by Crippen LogP contribution is 2.36. The Bertz CT molecular complexity index is 380. The second kappa shape index (κ2) is 5.18. The zero-order valence-corrected chi connectivity index (χ0v) is 10.2. The Morgan fingerprint density at radius 1 is 1.65 bits per heavy atom. The molecule has 1 rings (SSSR count). The van der Waals surface area contributed by atoms with Gasteiger partial charge in [0, 0.05) is 5.03 Å². The van der Waals surface area contributed by atoms with E-state index in [4.69, 9.17) is 22.4 Å². The average Bonchev–Trinajstić information content (AvgIpc) is 2.29. The molecule has 96 valence electrons. The molecule has 0 aromatic heterocycles. The van der Waals surface area contributed by atoms with Crippen LogP contribution in [0.25, 0.3) is 0 Å². The lowest BCUT2D eigenvalue weighted by atomic mass is 9.79. The van der Waals surface area contributed by atoms with Gasteiger partial charge in [-0.05, 0) is 24.5 Å². The minimum absolute atomic E-state index is 0.0304. The largest absolute Gasteiger partial charge is 0.480 e. The van der Waals surface area contributed by atoms with Gasteiger partial charge in [0.25, 0.3) is 0 Å². The first-order valence-electron chi connectivity index (χ1n) is 5.28. The van der Waals surface area contributed by atoms with Gasteiger partial charge < -0.3 is 21.1 Å². The number of carbonyl (C=O) groups is 1. The van der Waals surface area contributed by atoms with Crippen molar-refractivity contribution in [1.82, 2.24) is 0 Å². The third-order valence-corrected chi connectivity index (χ3v) is 3.34. The maximum Gasteiger partial charge on any atom is 0.320 e. The number of aliphatic hydroxyl groups is 2. The van der Waals surface area contributed by atoms with Crippen LogP contribution in [0.5, 0.6) is 0 Å². The fourth-order valence-corrected chi connectivity index (χ4v) is 2.05. The molecule has 5 N–H and O–H groups in total. The van der Waals surface area contributed by atoms with Crippen LogP contribution in [0.15, 0.2) is 22.8 Å². The summed E-state index contributed by atoms with van der Waals surface area (Å²) in [6.45, 7) is 1.68. The Labute approximate surface area is 104 Å². The summed E-state index contributed by atoms with van der Waals surface area (Å²) in [6.07, 6.45) is 1.91. The third kappa shape index (κ3) is 2.69. The van der Waals surface area contributed by atoms with E-state index in [0.29, 0.717) is 5.57 Å². The molecule has 5 nitrogen and oxygen atoms in total. The second-order valence-corrected chi connectivity index (χ2v) is 4.51. The Balaban J connectivity index is 2.99. The van der Waals surface area contributed by atoms with Crippen molar-refractivity contribution >= 4 is 17.6 Å². The van der Waals surface area contributed by atoms with Gasteiger partial charge in [-0.25, -0.2) is 0 Å². The maximum atomic E-state index is 10.7. The maximum absolute atomic E-state index is 10.7. The quantitative estimate of drug-likeness (QED) is 0.585. The van der Waals surface area contributed by atoms with E-state index in [2.05, 4.69) is 0 Å². The summed E-state index contributed by atoms with van der Waals surface area (Å²) in [4.78, 5) is 10.7. The molecule has 0 saturated carbocycles. The molecule has 6 heteroatoms. The molecule has 0 aliphatic heterocycles. The van der Waals surface area contributed by atoms with Crippen LogP contribution in [0, 0.1) is 0 Å². The van der Waals surface area contributed by atoms with Crippen LogP contribution < -0.4 is 5.73 Å². The number of carboxylic acids is 1. The summed E-state index contributed by atoms with van der Waals surface area (Å²) in [5.74, 6) is -1.15. The molecule has 0 bridgehead atoms. The number of allylic oxidation sites excluding steroid dienone is 2. The van der Waals surface area contributed by atoms with Gasteiger partial charge in [0.05, 0.1) is 0 Å². The summed E-state index contributed by atoms with van der Waals surface area (Å²) in [5.41, 5.74) is 4.25. The highest BCUT2D eigenvalue weighted by Gasteiger charge is 2.41. The molecular weight excluding hydrogens is 246 g/mol. The molecule has 0 aromatic carbocycles. The highest BCUT2D eigenvalue weighted by atomic mass is 35.5. The van der Waals surface area contributed by atoms with Crippen molar-refractivity contribution in [3.63, 3.8) is 0 Å². The van der Waals surface area contributed by atoms with Gasteiger partial charge in [0.2, 0.25) is 0 Å². The summed E-state index contributed by atoms with van der Waals surface area (Å²) < 4.78 is 0. The molecule has 3 atom stereocenters. The summed E-state index contributed by atoms with van der Waals surface area (Å²) in [7, 11) is 0. The fraction of sp³-hybridized carbons (Fsp3) is 0.545. The number of aliphatic carboxylic acids is 1. The molecule has 0 spiro atoms. The smallest absolute Gasteiger partial charge is 0.320 e. The first-order chi connectivity index (χ1) is 7.82. The Hall–Kier alpha value is -0.880. The second-order valence-electron chi connectivity index (χ2n) is 4.07. The van der Waals surface area contributed by atoms with Crippen molar-refractivity contribution in [2.45, 2.75) is 37.5 Å². The van der Waals surface area contributed by atoms with Gasteiger partial charge in [0.15, 0.2) is 0 Å². The first-order valence-corrected chi connectivity index (χ1v) is 5.66. The van der Waals surface area contributed by atoms with Gasteiger partial charge in [0.1, 0.15) is 17.7 Å². The van der Waals surface area contributed by atoms with Crippen molar-refractivity contribution in [3.05, 3.63) is 22.8 Å². The predicted octanol–water partition coefficient (Wildman–Crippen LogP) is 0.353. The summed E-state index contributed by atoms with van der Waals surface area (Å²) in [5, 5.41) is 29.0. The first kappa shape index (κ1) is 14.2. The SMILES string of the molecule is CCC1(O)C(C[C@H](N)C(=O)O)=CC=C(Cl)C1O. The number of carboxylic acid groups (broad SMARTS) is 1. The van der Waals surface area contributed by atoms with E-state index in [9.17, 15) is 15.0 Å². The van der Waals surface area contributed by atoms with Gasteiger partial charge in [-0.1, -0.05) is 24.6 Å². The van der Waals surface area contributed by atoms with Crippen LogP contribution in [0.3, 0.4) is 0 Å². The number of rotatable bonds is 4. The molecule has 2 unspecified atom stereocenters. The van der Waals surface area contributed by atoms with Crippen molar-refractivity contribution in [1.29, 1.82) is 0 Å². The van der Waals surface area contributed by atoms with Gasteiger partial charge in [-0.2, -0.15) is 0 Å². The lowest BCUT2D eigenvalue weighted by molar-refractivity contribution is -0.138. The normalized spacial score (nSPS) is 30.5. The van der Waals surface area contributed by atoms with E-state index in [0.717, 1.165) is 0 Å². The standard InChI is InChI=1S/C11H16ClNO4/c1-2-11(17)6(5-8(13)10(15)16)3-4-7(12)9(11)14/h3-4,8-9,14,17H,2,5,13H2,1H3,(H,15,16)/t8-,9?,11?/m0/s1. The van der Waals surface area contributed by atoms with Gasteiger partial charge in [-0.15, -0.1) is 0 Å². The Kier molecular flexibility index (Phi) is 4.32. The zero-order chi connectivity index (χ0) is 13.2. The minimum Gasteiger partial charge on any atom is -0.480 e. The van der Waals surface area contributed by atoms with E-state index in [-0.39, 0.29) is 17.9 Å². The fourth-order valence-electron chi connectivity index (χ4n) is 1.81. The van der Waals surface area contributed by atoms with E-state index in [1.807, 2.05) is 0 Å². The Morgan fingerprint density at radius 3 is 2.71 bits per heavy atom. The van der Waals surface area contributed by atoms with Crippen molar-refractivity contribution in [2.24, 2.45) is 5.73 Å². The van der Waals surface area contributed by atoms with E-state index >= 15 is 0 Å². The monoisotopic (exact) mass is 261 g/mol. The van der Waals surface area contributed by atoms with E-state index in [1.165, 1.54) is 12.2 Å². The number of nitrogens with two attached hydrogens (primary N) is 1. The van der Waals surface area contributed by atoms with Crippen LogP contribution in [-0.4, -0.2) is 39.0 Å². The lowest BCUT2D eigenvalue weighted by Crippen LogP contribution is -2.47. The molecule has 0 aromatic rings. The van der Waals surface area contributed by atoms with Gasteiger partial charge >= 0.3 is 5.97 Å². The number of hydrogen-bond acceptors (Lipinski definition) is 4. The van der Waals surface area contributed by atoms with Crippen molar-refractivity contribution < 1.29 is 20.1 Å². The average molecular weight is 262 g/mol. The van der Waals surface area contributed by atoms with Gasteiger partial charge in [-0.3, -0.25) is 4.79 Å². The molecule has 17 heavy (non-hydrogen) atoms. The third-order valence-electron chi connectivity index (χ3n) is 3.01. The number of hydrogen-bond donors (Lipinski definition) is 4. The van der Waals surface area contributed by atoms with E-state index < -0.39 is 23.7 Å². The number of aliphatic hydroxyl groups excluding tert-OH is 1. The molecular formula is C11H16ClNO4. The molecule has 1 aliphatic rings. The lowest BCUT2D eigenvalue weighted by Gasteiger charge is -2.37. The molecule has 0 fully saturated rings. The van der Waals surface area contributed by atoms with Crippen LogP contribution in [0.2, 0.25) is 0 Å².